The van der Waals surface area contributed by atoms with Crippen molar-refractivity contribution in [2.45, 2.75) is 39.3 Å². The van der Waals surface area contributed by atoms with Crippen LogP contribution in [0.4, 0.5) is 10.2 Å². The molecule has 0 amide bonds. The number of aromatic nitrogens is 1. The number of halogens is 1. The lowest BCUT2D eigenvalue weighted by molar-refractivity contribution is 0.494. The number of nitrogens with zero attached hydrogens (tertiary/aromatic N) is 2. The minimum Gasteiger partial charge on any atom is -0.356 e. The van der Waals surface area contributed by atoms with E-state index in [0.29, 0.717) is 17.9 Å². The minimum atomic E-state index is -0.239. The van der Waals surface area contributed by atoms with Crippen molar-refractivity contribution in [1.82, 2.24) is 10.3 Å². The summed E-state index contributed by atoms with van der Waals surface area (Å²) < 4.78 is 13.4. The summed E-state index contributed by atoms with van der Waals surface area (Å²) >= 11 is 0. The van der Waals surface area contributed by atoms with Crippen molar-refractivity contribution in [3.63, 3.8) is 0 Å². The summed E-state index contributed by atoms with van der Waals surface area (Å²) in [5.74, 6) is 2.08. The smallest absolute Gasteiger partial charge is 0.141 e. The summed E-state index contributed by atoms with van der Waals surface area (Å²) in [6, 6.07) is 2.26. The molecule has 0 bridgehead atoms. The number of anilines is 1. The van der Waals surface area contributed by atoms with Crippen LogP contribution in [-0.4, -0.2) is 24.1 Å². The summed E-state index contributed by atoms with van der Waals surface area (Å²) in [6.07, 6.45) is 3.83. The second kappa shape index (κ2) is 5.08. The SMILES string of the molecule is CC1CN(c2ncc(F)cc2CNC2CC2)CC1C. The molecule has 2 heterocycles. The molecule has 1 saturated carbocycles. The lowest BCUT2D eigenvalue weighted by Gasteiger charge is -2.21. The maximum absolute atomic E-state index is 13.4. The Morgan fingerprint density at radius 2 is 2.00 bits per heavy atom. The molecule has 1 saturated heterocycles. The highest BCUT2D eigenvalue weighted by Gasteiger charge is 2.29. The van der Waals surface area contributed by atoms with E-state index in [9.17, 15) is 4.39 Å². The molecule has 0 radical (unpaired) electrons. The molecular weight excluding hydrogens is 241 g/mol. The van der Waals surface area contributed by atoms with Crippen LogP contribution in [0.5, 0.6) is 0 Å². The minimum absolute atomic E-state index is 0.239. The second-order valence-corrected chi connectivity index (χ2v) is 6.15. The highest BCUT2D eigenvalue weighted by atomic mass is 19.1. The standard InChI is InChI=1S/C15H22FN3/c1-10-8-19(9-11(10)2)15-12(5-13(16)7-18-15)6-17-14-3-4-14/h5,7,10-11,14,17H,3-4,6,8-9H2,1-2H3. The van der Waals surface area contributed by atoms with Crippen molar-refractivity contribution < 1.29 is 4.39 Å². The molecule has 2 atom stereocenters. The third kappa shape index (κ3) is 2.89. The predicted octanol–water partition coefficient (Wildman–Crippen LogP) is 2.56. The number of hydrogen-bond acceptors (Lipinski definition) is 3. The molecule has 0 aromatic carbocycles. The molecular formula is C15H22FN3. The van der Waals surface area contributed by atoms with Gasteiger partial charge in [-0.05, 0) is 30.7 Å². The average molecular weight is 263 g/mol. The Kier molecular flexibility index (Phi) is 3.44. The summed E-state index contributed by atoms with van der Waals surface area (Å²) in [4.78, 5) is 6.64. The van der Waals surface area contributed by atoms with Gasteiger partial charge in [0.1, 0.15) is 11.6 Å². The van der Waals surface area contributed by atoms with E-state index < -0.39 is 0 Å². The van der Waals surface area contributed by atoms with E-state index in [1.54, 1.807) is 6.07 Å². The Morgan fingerprint density at radius 3 is 2.63 bits per heavy atom. The van der Waals surface area contributed by atoms with Crippen LogP contribution in [-0.2, 0) is 6.54 Å². The third-order valence-corrected chi connectivity index (χ3v) is 4.36. The van der Waals surface area contributed by atoms with Crippen LogP contribution in [0.25, 0.3) is 0 Å². The molecule has 3 rings (SSSR count). The van der Waals surface area contributed by atoms with Crippen molar-refractivity contribution in [2.24, 2.45) is 11.8 Å². The van der Waals surface area contributed by atoms with Crippen LogP contribution in [0.3, 0.4) is 0 Å². The summed E-state index contributed by atoms with van der Waals surface area (Å²) in [5.41, 5.74) is 0.994. The predicted molar refractivity (Wildman–Crippen MR) is 74.6 cm³/mol. The number of nitrogens with one attached hydrogen (secondary N) is 1. The molecule has 4 heteroatoms. The summed E-state index contributed by atoms with van der Waals surface area (Å²) in [6.45, 7) is 7.32. The molecule has 1 aromatic rings. The fourth-order valence-corrected chi connectivity index (χ4v) is 2.73. The van der Waals surface area contributed by atoms with Crippen molar-refractivity contribution in [1.29, 1.82) is 0 Å². The van der Waals surface area contributed by atoms with Gasteiger partial charge in [0, 0.05) is 31.2 Å². The molecule has 3 nitrogen and oxygen atoms in total. The largest absolute Gasteiger partial charge is 0.356 e. The second-order valence-electron chi connectivity index (χ2n) is 6.15. The van der Waals surface area contributed by atoms with Crippen molar-refractivity contribution in [3.05, 3.63) is 23.6 Å². The van der Waals surface area contributed by atoms with E-state index >= 15 is 0 Å². The third-order valence-electron chi connectivity index (χ3n) is 4.36. The van der Waals surface area contributed by atoms with Crippen molar-refractivity contribution in [3.8, 4) is 0 Å². The monoisotopic (exact) mass is 263 g/mol. The van der Waals surface area contributed by atoms with Crippen LogP contribution < -0.4 is 10.2 Å². The molecule has 1 aromatic heterocycles. The van der Waals surface area contributed by atoms with Crippen molar-refractivity contribution in [2.75, 3.05) is 18.0 Å². The lowest BCUT2D eigenvalue weighted by atomic mass is 10.0. The molecule has 1 aliphatic heterocycles. The quantitative estimate of drug-likeness (QED) is 0.905. The van der Waals surface area contributed by atoms with Crippen LogP contribution in [0.15, 0.2) is 12.3 Å². The highest BCUT2D eigenvalue weighted by molar-refractivity contribution is 5.48. The van der Waals surface area contributed by atoms with Gasteiger partial charge in [-0.1, -0.05) is 13.8 Å². The van der Waals surface area contributed by atoms with Gasteiger partial charge in [0.05, 0.1) is 6.20 Å². The van der Waals surface area contributed by atoms with E-state index in [2.05, 4.69) is 29.0 Å². The van der Waals surface area contributed by atoms with Gasteiger partial charge in [-0.3, -0.25) is 0 Å². The van der Waals surface area contributed by atoms with E-state index in [0.717, 1.165) is 31.0 Å². The zero-order valence-corrected chi connectivity index (χ0v) is 11.7. The Labute approximate surface area is 114 Å². The first-order chi connectivity index (χ1) is 9.13. The zero-order valence-electron chi connectivity index (χ0n) is 11.7. The maximum Gasteiger partial charge on any atom is 0.141 e. The molecule has 19 heavy (non-hydrogen) atoms. The Bertz CT molecular complexity index is 449. The van der Waals surface area contributed by atoms with Crippen LogP contribution in [0.2, 0.25) is 0 Å². The molecule has 2 aliphatic rings. The van der Waals surface area contributed by atoms with Gasteiger partial charge < -0.3 is 10.2 Å². The zero-order chi connectivity index (χ0) is 13.4. The maximum atomic E-state index is 13.4. The number of pyridine rings is 1. The van der Waals surface area contributed by atoms with Gasteiger partial charge in [0.15, 0.2) is 0 Å². The Morgan fingerprint density at radius 1 is 1.32 bits per heavy atom. The Balaban J connectivity index is 1.78. The van der Waals surface area contributed by atoms with Gasteiger partial charge in [0.2, 0.25) is 0 Å². The fourth-order valence-electron chi connectivity index (χ4n) is 2.73. The van der Waals surface area contributed by atoms with Gasteiger partial charge in [0.25, 0.3) is 0 Å². The first-order valence-corrected chi connectivity index (χ1v) is 7.26. The van der Waals surface area contributed by atoms with E-state index in [1.165, 1.54) is 19.0 Å². The van der Waals surface area contributed by atoms with Gasteiger partial charge in [-0.25, -0.2) is 9.37 Å². The van der Waals surface area contributed by atoms with Gasteiger partial charge >= 0.3 is 0 Å². The van der Waals surface area contributed by atoms with Crippen LogP contribution >= 0.6 is 0 Å². The van der Waals surface area contributed by atoms with E-state index in [4.69, 9.17) is 0 Å². The van der Waals surface area contributed by atoms with Gasteiger partial charge in [-0.15, -0.1) is 0 Å². The summed E-state index contributed by atoms with van der Waals surface area (Å²) in [7, 11) is 0. The van der Waals surface area contributed by atoms with Crippen LogP contribution in [0, 0.1) is 17.7 Å². The average Bonchev–Trinajstić information content (AvgIpc) is 3.14. The van der Waals surface area contributed by atoms with Crippen molar-refractivity contribution >= 4 is 5.82 Å². The molecule has 1 N–H and O–H groups in total. The first-order valence-electron chi connectivity index (χ1n) is 7.26. The molecule has 104 valence electrons. The van der Waals surface area contributed by atoms with E-state index in [1.807, 2.05) is 0 Å². The lowest BCUT2D eigenvalue weighted by Crippen LogP contribution is -2.25. The molecule has 1 aliphatic carbocycles. The fraction of sp³-hybridized carbons (Fsp3) is 0.667. The highest BCUT2D eigenvalue weighted by Crippen LogP contribution is 2.29. The van der Waals surface area contributed by atoms with Crippen LogP contribution in [0.1, 0.15) is 32.3 Å². The molecule has 2 fully saturated rings. The molecule has 2 unspecified atom stereocenters. The number of rotatable bonds is 4. The normalized spacial score (nSPS) is 27.0. The van der Waals surface area contributed by atoms with E-state index in [-0.39, 0.29) is 5.82 Å². The number of hydrogen-bond donors (Lipinski definition) is 1. The summed E-state index contributed by atoms with van der Waals surface area (Å²) in [5, 5.41) is 3.45. The molecule has 0 spiro atoms. The topological polar surface area (TPSA) is 28.2 Å². The Hall–Kier alpha value is -1.16. The first kappa shape index (κ1) is 12.9. The van der Waals surface area contributed by atoms with Gasteiger partial charge in [-0.2, -0.15) is 0 Å².